The molecule has 0 unspecified atom stereocenters. The van der Waals surface area contributed by atoms with Crippen LogP contribution in [-0.2, 0) is 11.3 Å². The number of hydrogen-bond acceptors (Lipinski definition) is 3. The molecule has 2 aliphatic rings. The molecule has 7 heteroatoms. The molecule has 3 rings (SSSR count). The number of carbonyl (C=O) groups excluding carboxylic acids is 2. The Morgan fingerprint density at radius 2 is 1.63 bits per heavy atom. The van der Waals surface area contributed by atoms with Crippen LogP contribution in [0, 0.1) is 11.7 Å². The first-order chi connectivity index (χ1) is 12.9. The first-order valence-corrected chi connectivity index (χ1v) is 9.71. The molecular weight excluding hydrogens is 347 g/mol. The third kappa shape index (κ3) is 5.19. The van der Waals surface area contributed by atoms with Crippen LogP contribution in [0.15, 0.2) is 24.3 Å². The highest BCUT2D eigenvalue weighted by molar-refractivity contribution is 5.85. The van der Waals surface area contributed by atoms with Gasteiger partial charge in [0.15, 0.2) is 0 Å². The Hall–Kier alpha value is -2.15. The van der Waals surface area contributed by atoms with Crippen molar-refractivity contribution >= 4 is 11.9 Å². The molecular formula is C20H29FN4O2. The smallest absolute Gasteiger partial charge is 0.320 e. The summed E-state index contributed by atoms with van der Waals surface area (Å²) in [7, 11) is 0. The summed E-state index contributed by atoms with van der Waals surface area (Å²) < 4.78 is 13.0. The molecule has 0 radical (unpaired) electrons. The lowest BCUT2D eigenvalue weighted by Gasteiger charge is -2.36. The summed E-state index contributed by atoms with van der Waals surface area (Å²) in [5.41, 5.74) is 0.888. The van der Waals surface area contributed by atoms with Crippen LogP contribution < -0.4 is 0 Å². The van der Waals surface area contributed by atoms with E-state index < -0.39 is 0 Å². The van der Waals surface area contributed by atoms with Gasteiger partial charge in [-0.2, -0.15) is 0 Å². The topological polar surface area (TPSA) is 47.1 Å². The number of rotatable bonds is 6. The van der Waals surface area contributed by atoms with Crippen LogP contribution in [-0.4, -0.2) is 83.9 Å². The zero-order chi connectivity index (χ0) is 19.4. The quantitative estimate of drug-likeness (QED) is 0.761. The normalized spacial score (nSPS) is 18.7. The Morgan fingerprint density at radius 1 is 1.00 bits per heavy atom. The summed E-state index contributed by atoms with van der Waals surface area (Å²) in [6, 6.07) is 6.05. The van der Waals surface area contributed by atoms with Gasteiger partial charge in [0.25, 0.3) is 0 Å². The van der Waals surface area contributed by atoms with E-state index >= 15 is 0 Å². The van der Waals surface area contributed by atoms with Crippen LogP contribution in [0.5, 0.6) is 0 Å². The van der Waals surface area contributed by atoms with Gasteiger partial charge in [-0.1, -0.05) is 26.0 Å². The van der Waals surface area contributed by atoms with E-state index in [9.17, 15) is 14.0 Å². The van der Waals surface area contributed by atoms with Gasteiger partial charge in [-0.3, -0.25) is 9.69 Å². The SMILES string of the molecule is CC(C)CN1CCN(C(=O)CN2CCN(Cc3ccc(F)cc3)C2=O)CC1. The zero-order valence-corrected chi connectivity index (χ0v) is 16.2. The molecule has 27 heavy (non-hydrogen) atoms. The largest absolute Gasteiger partial charge is 0.339 e. The van der Waals surface area contributed by atoms with Crippen molar-refractivity contribution in [3.8, 4) is 0 Å². The molecule has 1 aromatic carbocycles. The summed E-state index contributed by atoms with van der Waals surface area (Å²) in [6.07, 6.45) is 0. The maximum absolute atomic E-state index is 13.0. The van der Waals surface area contributed by atoms with Crippen LogP contribution in [0.25, 0.3) is 0 Å². The molecule has 2 fully saturated rings. The van der Waals surface area contributed by atoms with Gasteiger partial charge in [0, 0.05) is 52.4 Å². The molecule has 6 nitrogen and oxygen atoms in total. The molecule has 1 aromatic rings. The zero-order valence-electron chi connectivity index (χ0n) is 16.2. The number of amides is 3. The number of piperazine rings is 1. The molecule has 2 heterocycles. The fraction of sp³-hybridized carbons (Fsp3) is 0.600. The van der Waals surface area contributed by atoms with E-state index in [-0.39, 0.29) is 24.3 Å². The Morgan fingerprint density at radius 3 is 2.26 bits per heavy atom. The van der Waals surface area contributed by atoms with Gasteiger partial charge in [-0.25, -0.2) is 9.18 Å². The molecule has 0 atom stereocenters. The van der Waals surface area contributed by atoms with Gasteiger partial charge in [-0.05, 0) is 23.6 Å². The second kappa shape index (κ2) is 8.69. The molecule has 0 bridgehead atoms. The van der Waals surface area contributed by atoms with Crippen LogP contribution in [0.4, 0.5) is 9.18 Å². The highest BCUT2D eigenvalue weighted by Crippen LogP contribution is 2.15. The fourth-order valence-corrected chi connectivity index (χ4v) is 3.70. The minimum Gasteiger partial charge on any atom is -0.339 e. The molecule has 0 aliphatic carbocycles. The minimum atomic E-state index is -0.285. The average Bonchev–Trinajstić information content (AvgIpc) is 2.97. The number of urea groups is 1. The highest BCUT2D eigenvalue weighted by Gasteiger charge is 2.31. The summed E-state index contributed by atoms with van der Waals surface area (Å²) in [5, 5.41) is 0. The molecule has 2 saturated heterocycles. The van der Waals surface area contributed by atoms with Gasteiger partial charge < -0.3 is 14.7 Å². The molecule has 0 spiro atoms. The highest BCUT2D eigenvalue weighted by atomic mass is 19.1. The summed E-state index contributed by atoms with van der Waals surface area (Å²) in [5.74, 6) is 0.366. The lowest BCUT2D eigenvalue weighted by Crippen LogP contribution is -2.52. The second-order valence-electron chi connectivity index (χ2n) is 7.83. The van der Waals surface area contributed by atoms with Crippen molar-refractivity contribution in [1.82, 2.24) is 19.6 Å². The van der Waals surface area contributed by atoms with E-state index in [1.165, 1.54) is 12.1 Å². The predicted octanol–water partition coefficient (Wildman–Crippen LogP) is 1.86. The minimum absolute atomic E-state index is 0.0242. The van der Waals surface area contributed by atoms with Crippen LogP contribution in [0.1, 0.15) is 19.4 Å². The maximum Gasteiger partial charge on any atom is 0.320 e. The van der Waals surface area contributed by atoms with E-state index in [0.29, 0.717) is 25.6 Å². The Kier molecular flexibility index (Phi) is 6.31. The molecule has 0 N–H and O–H groups in total. The maximum atomic E-state index is 13.0. The van der Waals surface area contributed by atoms with Crippen LogP contribution in [0.2, 0.25) is 0 Å². The van der Waals surface area contributed by atoms with E-state index in [0.717, 1.165) is 38.3 Å². The fourth-order valence-electron chi connectivity index (χ4n) is 3.70. The van der Waals surface area contributed by atoms with Gasteiger partial charge >= 0.3 is 6.03 Å². The summed E-state index contributed by atoms with van der Waals surface area (Å²) in [4.78, 5) is 32.7. The first kappa shape index (κ1) is 19.6. The van der Waals surface area contributed by atoms with Crippen LogP contribution >= 0.6 is 0 Å². The van der Waals surface area contributed by atoms with Crippen molar-refractivity contribution in [2.75, 3.05) is 52.4 Å². The van der Waals surface area contributed by atoms with Gasteiger partial charge in [0.1, 0.15) is 12.4 Å². The predicted molar refractivity (Wildman–Crippen MR) is 102 cm³/mol. The second-order valence-corrected chi connectivity index (χ2v) is 7.83. The third-order valence-corrected chi connectivity index (χ3v) is 5.14. The van der Waals surface area contributed by atoms with Crippen molar-refractivity contribution in [2.45, 2.75) is 20.4 Å². The Bertz CT molecular complexity index is 656. The lowest BCUT2D eigenvalue weighted by atomic mass is 10.2. The van der Waals surface area contributed by atoms with Crippen molar-refractivity contribution in [3.63, 3.8) is 0 Å². The van der Waals surface area contributed by atoms with E-state index in [1.807, 2.05) is 4.90 Å². The summed E-state index contributed by atoms with van der Waals surface area (Å²) in [6.45, 7) is 10.4. The molecule has 0 aromatic heterocycles. The summed E-state index contributed by atoms with van der Waals surface area (Å²) >= 11 is 0. The van der Waals surface area contributed by atoms with Gasteiger partial charge in [0.2, 0.25) is 5.91 Å². The molecule has 0 saturated carbocycles. The first-order valence-electron chi connectivity index (χ1n) is 9.71. The van der Waals surface area contributed by atoms with Gasteiger partial charge in [0.05, 0.1) is 0 Å². The lowest BCUT2D eigenvalue weighted by molar-refractivity contribution is -0.133. The third-order valence-electron chi connectivity index (χ3n) is 5.14. The van der Waals surface area contributed by atoms with E-state index in [4.69, 9.17) is 0 Å². The van der Waals surface area contributed by atoms with Crippen molar-refractivity contribution in [1.29, 1.82) is 0 Å². The number of hydrogen-bond donors (Lipinski definition) is 0. The molecule has 2 aliphatic heterocycles. The van der Waals surface area contributed by atoms with Crippen molar-refractivity contribution < 1.29 is 14.0 Å². The van der Waals surface area contributed by atoms with Crippen molar-refractivity contribution in [2.24, 2.45) is 5.92 Å². The number of halogens is 1. The number of carbonyl (C=O) groups is 2. The monoisotopic (exact) mass is 376 g/mol. The average molecular weight is 376 g/mol. The number of nitrogens with zero attached hydrogens (tertiary/aromatic N) is 4. The standard InChI is InChI=1S/C20H29FN4O2/c1-16(2)13-22-7-9-23(10-8-22)19(26)15-25-12-11-24(20(25)27)14-17-3-5-18(21)6-4-17/h3-6,16H,7-15H2,1-2H3. The Balaban J connectivity index is 1.46. The van der Waals surface area contributed by atoms with Crippen molar-refractivity contribution in [3.05, 3.63) is 35.6 Å². The van der Waals surface area contributed by atoms with Crippen LogP contribution in [0.3, 0.4) is 0 Å². The van der Waals surface area contributed by atoms with Gasteiger partial charge in [-0.15, -0.1) is 0 Å². The Labute approximate surface area is 160 Å². The number of benzene rings is 1. The molecule has 148 valence electrons. The molecule has 3 amide bonds. The van der Waals surface area contributed by atoms with E-state index in [1.54, 1.807) is 21.9 Å². The van der Waals surface area contributed by atoms with E-state index in [2.05, 4.69) is 18.7 Å².